The molecule has 2 atom stereocenters. The van der Waals surface area contributed by atoms with Crippen LogP contribution in [0.15, 0.2) is 58.8 Å². The molecule has 7 heteroatoms. The fourth-order valence-electron chi connectivity index (χ4n) is 5.69. The third-order valence-electron chi connectivity index (χ3n) is 6.78. The van der Waals surface area contributed by atoms with Crippen LogP contribution in [0.1, 0.15) is 49.9 Å². The molecule has 0 fully saturated rings. The van der Waals surface area contributed by atoms with Crippen LogP contribution in [0.25, 0.3) is 0 Å². The average Bonchev–Trinajstić information content (AvgIpc) is 3.36. The first kappa shape index (κ1) is 23.3. The molecule has 35 heavy (non-hydrogen) atoms. The zero-order valence-electron chi connectivity index (χ0n) is 20.9. The number of carbonyl (C=O) groups excluding carboxylic acids is 1. The topological polar surface area (TPSA) is 86.3 Å². The van der Waals surface area contributed by atoms with Crippen molar-refractivity contribution >= 4 is 18.0 Å². The van der Waals surface area contributed by atoms with Gasteiger partial charge in [0.25, 0.3) is 5.91 Å². The lowest BCUT2D eigenvalue weighted by atomic mass is 9.79. The van der Waals surface area contributed by atoms with Gasteiger partial charge >= 0.3 is 0 Å². The molecule has 0 aliphatic carbocycles. The predicted molar refractivity (Wildman–Crippen MR) is 137 cm³/mol. The Morgan fingerprint density at radius 2 is 1.97 bits per heavy atom. The van der Waals surface area contributed by atoms with Crippen molar-refractivity contribution in [2.45, 2.75) is 51.7 Å². The second kappa shape index (κ2) is 8.34. The maximum atomic E-state index is 11.9. The zero-order valence-corrected chi connectivity index (χ0v) is 20.9. The molecule has 2 N–H and O–H groups in total. The lowest BCUT2D eigenvalue weighted by Crippen LogP contribution is -2.55. The van der Waals surface area contributed by atoms with Crippen molar-refractivity contribution in [3.8, 4) is 11.5 Å². The molecule has 3 heterocycles. The van der Waals surface area contributed by atoms with E-state index >= 15 is 0 Å². The van der Waals surface area contributed by atoms with Crippen LogP contribution in [-0.2, 0) is 17.6 Å². The van der Waals surface area contributed by atoms with Gasteiger partial charge in [0.05, 0.1) is 18.5 Å². The van der Waals surface area contributed by atoms with Crippen molar-refractivity contribution in [3.63, 3.8) is 0 Å². The van der Waals surface area contributed by atoms with E-state index in [0.717, 1.165) is 40.3 Å². The summed E-state index contributed by atoms with van der Waals surface area (Å²) in [7, 11) is 0. The number of carbonyl (C=O) groups is 1. The van der Waals surface area contributed by atoms with E-state index in [1.807, 2.05) is 31.3 Å². The van der Waals surface area contributed by atoms with Gasteiger partial charge in [-0.15, -0.1) is 0 Å². The molecule has 1 amide bonds. The van der Waals surface area contributed by atoms with E-state index in [1.165, 1.54) is 5.56 Å². The number of benzene rings is 2. The van der Waals surface area contributed by atoms with Crippen LogP contribution in [0.2, 0.25) is 0 Å². The van der Waals surface area contributed by atoms with Gasteiger partial charge in [-0.05, 0) is 39.3 Å². The quantitative estimate of drug-likeness (QED) is 0.621. The van der Waals surface area contributed by atoms with Crippen LogP contribution in [0.5, 0.6) is 11.5 Å². The predicted octanol–water partition coefficient (Wildman–Crippen LogP) is 3.77. The van der Waals surface area contributed by atoms with Crippen LogP contribution in [0.4, 0.5) is 0 Å². The molecule has 182 valence electrons. The number of rotatable bonds is 7. The third kappa shape index (κ3) is 4.36. The maximum Gasteiger partial charge on any atom is 0.273 e. The number of amides is 1. The first-order valence-corrected chi connectivity index (χ1v) is 12.2. The van der Waals surface area contributed by atoms with E-state index in [1.54, 1.807) is 12.5 Å². The van der Waals surface area contributed by atoms with Gasteiger partial charge in [0.1, 0.15) is 23.9 Å². The molecule has 0 saturated heterocycles. The second-order valence-corrected chi connectivity index (χ2v) is 10.6. The Morgan fingerprint density at radius 1 is 1.20 bits per heavy atom. The molecule has 3 aliphatic heterocycles. The standard InChI is InChI=1S/C28H32N4O3/c1-5-34-22-13-20-14-28(4,17-32(16-23(29)33)12-11-30-18-32)31-25(19-9-7-6-8-10-19)24(20)21-15-27(2,3)35-26(21)22/h6-13,18H,5,14-17H2,1-4H3,(H-,29,33)/p+1. The number of nitrogens with zero attached hydrogens (tertiary/aromatic N) is 3. The van der Waals surface area contributed by atoms with E-state index in [2.05, 4.69) is 44.0 Å². The summed E-state index contributed by atoms with van der Waals surface area (Å²) in [6.07, 6.45) is 6.92. The Balaban J connectivity index is 1.68. The molecular formula is C28H33N4O3+. The number of ether oxygens (including phenoxy) is 2. The molecule has 7 nitrogen and oxygen atoms in total. The Kier molecular flexibility index (Phi) is 5.55. The molecule has 2 unspecified atom stereocenters. The van der Waals surface area contributed by atoms with Crippen molar-refractivity contribution in [3.05, 3.63) is 71.1 Å². The van der Waals surface area contributed by atoms with Crippen molar-refractivity contribution < 1.29 is 18.8 Å². The molecule has 0 aromatic heterocycles. The summed E-state index contributed by atoms with van der Waals surface area (Å²) in [5, 5.41) is 0. The van der Waals surface area contributed by atoms with E-state index in [0.29, 0.717) is 19.6 Å². The van der Waals surface area contributed by atoms with Gasteiger partial charge in [-0.2, -0.15) is 0 Å². The second-order valence-electron chi connectivity index (χ2n) is 10.6. The van der Waals surface area contributed by atoms with Crippen molar-refractivity contribution in [2.24, 2.45) is 15.7 Å². The van der Waals surface area contributed by atoms with Crippen LogP contribution < -0.4 is 15.2 Å². The summed E-state index contributed by atoms with van der Waals surface area (Å²) in [6, 6.07) is 12.4. The van der Waals surface area contributed by atoms with E-state index in [4.69, 9.17) is 20.2 Å². The van der Waals surface area contributed by atoms with Gasteiger partial charge in [0.15, 0.2) is 24.4 Å². The number of nitrogens with two attached hydrogens (primary N) is 1. The monoisotopic (exact) mass is 473 g/mol. The molecule has 2 aromatic carbocycles. The minimum Gasteiger partial charge on any atom is -0.490 e. The van der Waals surface area contributed by atoms with Gasteiger partial charge in [0.2, 0.25) is 0 Å². The molecular weight excluding hydrogens is 440 g/mol. The van der Waals surface area contributed by atoms with E-state index in [-0.39, 0.29) is 22.5 Å². The highest BCUT2D eigenvalue weighted by Gasteiger charge is 2.45. The summed E-state index contributed by atoms with van der Waals surface area (Å²) < 4.78 is 12.7. The first-order valence-electron chi connectivity index (χ1n) is 12.2. The Morgan fingerprint density at radius 3 is 2.63 bits per heavy atom. The SMILES string of the molecule is CCOc1cc2c(c3c1OC(C)(C)C3)C(c1ccccc1)=NC(C)(C[N+]1(CC(N)=O)C=CN=C1)C2. The lowest BCUT2D eigenvalue weighted by molar-refractivity contribution is -0.774. The van der Waals surface area contributed by atoms with Gasteiger partial charge in [-0.25, -0.2) is 9.48 Å². The van der Waals surface area contributed by atoms with E-state index in [9.17, 15) is 4.79 Å². The number of aliphatic imine (C=N–C) groups is 2. The van der Waals surface area contributed by atoms with Crippen molar-refractivity contribution in [1.29, 1.82) is 0 Å². The Hall–Kier alpha value is -3.45. The molecule has 0 spiro atoms. The maximum absolute atomic E-state index is 11.9. The number of fused-ring (bicyclic) bond motifs is 3. The summed E-state index contributed by atoms with van der Waals surface area (Å²) in [6.45, 7) is 9.63. The molecule has 5 rings (SSSR count). The highest BCUT2D eigenvalue weighted by atomic mass is 16.5. The molecule has 0 radical (unpaired) electrons. The van der Waals surface area contributed by atoms with Gasteiger partial charge in [-0.1, -0.05) is 30.3 Å². The summed E-state index contributed by atoms with van der Waals surface area (Å²) in [5.41, 5.74) is 10.3. The largest absolute Gasteiger partial charge is 0.490 e. The highest BCUT2D eigenvalue weighted by Crippen LogP contribution is 2.48. The minimum absolute atomic E-state index is 0.148. The highest BCUT2D eigenvalue weighted by molar-refractivity contribution is 6.16. The normalized spacial score (nSPS) is 25.5. The summed E-state index contributed by atoms with van der Waals surface area (Å²) in [5.74, 6) is 1.24. The average molecular weight is 474 g/mol. The van der Waals surface area contributed by atoms with Crippen LogP contribution in [0, 0.1) is 0 Å². The van der Waals surface area contributed by atoms with Crippen LogP contribution in [-0.4, -0.2) is 53.3 Å². The zero-order chi connectivity index (χ0) is 24.8. The molecule has 0 bridgehead atoms. The van der Waals surface area contributed by atoms with Crippen molar-refractivity contribution in [2.75, 3.05) is 19.7 Å². The van der Waals surface area contributed by atoms with Crippen LogP contribution >= 0.6 is 0 Å². The number of hydrogen-bond donors (Lipinski definition) is 1. The fraction of sp³-hybridized carbons (Fsp3) is 0.393. The first-order chi connectivity index (χ1) is 16.6. The number of hydrogen-bond acceptors (Lipinski definition) is 5. The Labute approximate surface area is 206 Å². The van der Waals surface area contributed by atoms with E-state index < -0.39 is 5.54 Å². The van der Waals surface area contributed by atoms with Gasteiger partial charge in [0, 0.05) is 29.5 Å². The molecule has 3 aliphatic rings. The summed E-state index contributed by atoms with van der Waals surface area (Å²) in [4.78, 5) is 21.6. The van der Waals surface area contributed by atoms with Gasteiger partial charge in [-0.3, -0.25) is 9.79 Å². The minimum atomic E-state index is -0.499. The number of quaternary nitrogens is 1. The lowest BCUT2D eigenvalue weighted by Gasteiger charge is -2.38. The molecule has 0 saturated carbocycles. The van der Waals surface area contributed by atoms with Crippen molar-refractivity contribution in [1.82, 2.24) is 0 Å². The van der Waals surface area contributed by atoms with Gasteiger partial charge < -0.3 is 15.2 Å². The summed E-state index contributed by atoms with van der Waals surface area (Å²) >= 11 is 0. The van der Waals surface area contributed by atoms with Crippen LogP contribution in [0.3, 0.4) is 0 Å². The molecule has 2 aromatic rings. The fourth-order valence-corrected chi connectivity index (χ4v) is 5.69. The smallest absolute Gasteiger partial charge is 0.273 e. The Bertz CT molecular complexity index is 1250. The third-order valence-corrected chi connectivity index (χ3v) is 6.78. The number of primary amides is 1.